The van der Waals surface area contributed by atoms with Crippen LogP contribution in [-0.4, -0.2) is 30.9 Å². The molecule has 0 heterocycles. The summed E-state index contributed by atoms with van der Waals surface area (Å²) in [6, 6.07) is 8.58. The quantitative estimate of drug-likeness (QED) is 0.846. The molecule has 0 saturated carbocycles. The third-order valence-electron chi connectivity index (χ3n) is 3.04. The number of hydrogen-bond acceptors (Lipinski definition) is 2. The van der Waals surface area contributed by atoms with Crippen LogP contribution in [0.15, 0.2) is 24.3 Å². The molecule has 0 saturated heterocycles. The molecule has 17 heavy (non-hydrogen) atoms. The minimum Gasteiger partial charge on any atom is -0.345 e. The average molecular weight is 234 g/mol. The zero-order valence-electron chi connectivity index (χ0n) is 11.2. The second kappa shape index (κ2) is 6.40. The number of amides is 1. The van der Waals surface area contributed by atoms with Crippen LogP contribution in [0, 0.1) is 6.92 Å². The Balaban J connectivity index is 2.47. The van der Waals surface area contributed by atoms with Gasteiger partial charge in [0, 0.05) is 19.6 Å². The van der Waals surface area contributed by atoms with E-state index in [9.17, 15) is 4.79 Å². The van der Waals surface area contributed by atoms with E-state index in [0.29, 0.717) is 6.54 Å². The van der Waals surface area contributed by atoms with Crippen LogP contribution in [0.25, 0.3) is 0 Å². The summed E-state index contributed by atoms with van der Waals surface area (Å²) in [6.45, 7) is 7.26. The molecule has 0 fully saturated rings. The summed E-state index contributed by atoms with van der Waals surface area (Å²) in [5.41, 5.74) is 2.46. The Morgan fingerprint density at radius 1 is 1.35 bits per heavy atom. The van der Waals surface area contributed by atoms with Gasteiger partial charge in [0.1, 0.15) is 0 Å². The highest BCUT2D eigenvalue weighted by Gasteiger charge is 2.09. The summed E-state index contributed by atoms with van der Waals surface area (Å²) in [7, 11) is 1.82. The van der Waals surface area contributed by atoms with E-state index in [2.05, 4.69) is 43.4 Å². The summed E-state index contributed by atoms with van der Waals surface area (Å²) < 4.78 is 0. The molecule has 1 atom stereocenters. The van der Waals surface area contributed by atoms with Crippen LogP contribution in [0.1, 0.15) is 31.0 Å². The largest absolute Gasteiger partial charge is 0.345 e. The number of carbonyl (C=O) groups is 1. The van der Waals surface area contributed by atoms with Gasteiger partial charge in [-0.15, -0.1) is 0 Å². The fourth-order valence-corrected chi connectivity index (χ4v) is 1.52. The van der Waals surface area contributed by atoms with Crippen molar-refractivity contribution < 1.29 is 4.79 Å². The first-order valence-electron chi connectivity index (χ1n) is 6.08. The number of aryl methyl sites for hydroxylation is 1. The van der Waals surface area contributed by atoms with Gasteiger partial charge in [-0.25, -0.2) is 0 Å². The average Bonchev–Trinajstić information content (AvgIpc) is 2.35. The Morgan fingerprint density at radius 3 is 2.47 bits per heavy atom. The fraction of sp³-hybridized carbons (Fsp3) is 0.500. The van der Waals surface area contributed by atoms with Gasteiger partial charge in [-0.3, -0.25) is 4.79 Å². The molecule has 0 aliphatic heterocycles. The zero-order valence-corrected chi connectivity index (χ0v) is 11.2. The monoisotopic (exact) mass is 234 g/mol. The summed E-state index contributed by atoms with van der Waals surface area (Å²) >= 11 is 0. The van der Waals surface area contributed by atoms with Crippen LogP contribution in [0.2, 0.25) is 0 Å². The second-order valence-electron chi connectivity index (χ2n) is 4.42. The second-order valence-corrected chi connectivity index (χ2v) is 4.42. The number of carbonyl (C=O) groups excluding carboxylic acids is 1. The highest BCUT2D eigenvalue weighted by atomic mass is 16.2. The van der Waals surface area contributed by atoms with E-state index in [-0.39, 0.29) is 11.9 Å². The Bertz CT molecular complexity index is 359. The smallest absolute Gasteiger partial charge is 0.236 e. The van der Waals surface area contributed by atoms with Crippen LogP contribution in [0.4, 0.5) is 0 Å². The molecule has 94 valence electrons. The number of benzene rings is 1. The molecule has 1 amide bonds. The van der Waals surface area contributed by atoms with Crippen molar-refractivity contribution in [1.82, 2.24) is 10.2 Å². The lowest BCUT2D eigenvalue weighted by Gasteiger charge is -2.18. The van der Waals surface area contributed by atoms with E-state index in [1.807, 2.05) is 14.0 Å². The van der Waals surface area contributed by atoms with Crippen molar-refractivity contribution in [3.05, 3.63) is 35.4 Å². The van der Waals surface area contributed by atoms with Crippen LogP contribution in [0.5, 0.6) is 0 Å². The molecular formula is C14H22N2O. The lowest BCUT2D eigenvalue weighted by Crippen LogP contribution is -2.36. The summed E-state index contributed by atoms with van der Waals surface area (Å²) in [4.78, 5) is 13.3. The fourth-order valence-electron chi connectivity index (χ4n) is 1.52. The number of likely N-dealkylation sites (N-methyl/N-ethyl adjacent to an activating group) is 1. The molecule has 0 radical (unpaired) electrons. The molecule has 3 heteroatoms. The maximum atomic E-state index is 11.6. The Hall–Kier alpha value is -1.35. The van der Waals surface area contributed by atoms with Crippen molar-refractivity contribution in [2.75, 3.05) is 20.1 Å². The van der Waals surface area contributed by atoms with Crippen LogP contribution in [0.3, 0.4) is 0 Å². The van der Waals surface area contributed by atoms with Crippen molar-refractivity contribution in [2.24, 2.45) is 0 Å². The molecule has 3 nitrogen and oxygen atoms in total. The van der Waals surface area contributed by atoms with Gasteiger partial charge >= 0.3 is 0 Å². The Labute approximate surface area is 104 Å². The summed E-state index contributed by atoms with van der Waals surface area (Å²) in [6.07, 6.45) is 0. The number of nitrogens with zero attached hydrogens (tertiary/aromatic N) is 1. The van der Waals surface area contributed by atoms with Gasteiger partial charge in [0.25, 0.3) is 0 Å². The first kappa shape index (κ1) is 13.7. The van der Waals surface area contributed by atoms with Gasteiger partial charge in [-0.1, -0.05) is 29.8 Å². The van der Waals surface area contributed by atoms with Gasteiger partial charge < -0.3 is 10.2 Å². The molecule has 0 spiro atoms. The molecule has 0 unspecified atom stereocenters. The van der Waals surface area contributed by atoms with Gasteiger partial charge in [-0.05, 0) is 26.3 Å². The maximum absolute atomic E-state index is 11.6. The van der Waals surface area contributed by atoms with Crippen molar-refractivity contribution >= 4 is 5.91 Å². The highest BCUT2D eigenvalue weighted by molar-refractivity contribution is 5.77. The van der Waals surface area contributed by atoms with Gasteiger partial charge in [0.05, 0.1) is 6.54 Å². The number of rotatable bonds is 5. The van der Waals surface area contributed by atoms with Crippen molar-refractivity contribution in [1.29, 1.82) is 0 Å². The molecule has 1 rings (SSSR count). The molecule has 0 aliphatic carbocycles. The predicted molar refractivity (Wildman–Crippen MR) is 70.9 cm³/mol. The van der Waals surface area contributed by atoms with Gasteiger partial charge in [-0.2, -0.15) is 0 Å². The van der Waals surface area contributed by atoms with Crippen molar-refractivity contribution in [3.63, 3.8) is 0 Å². The number of hydrogen-bond donors (Lipinski definition) is 1. The van der Waals surface area contributed by atoms with E-state index < -0.39 is 0 Å². The lowest BCUT2D eigenvalue weighted by molar-refractivity contribution is -0.128. The van der Waals surface area contributed by atoms with Crippen LogP contribution < -0.4 is 5.32 Å². The summed E-state index contributed by atoms with van der Waals surface area (Å²) in [5.74, 6) is 0.131. The predicted octanol–water partition coefficient (Wildman–Crippen LogP) is 2.12. The standard InChI is InChI=1S/C14H22N2O/c1-5-16(4)14(17)10-15-12(3)13-8-6-11(2)7-9-13/h6-9,12,15H,5,10H2,1-4H3/t12-/m1/s1. The first-order chi connectivity index (χ1) is 8.04. The minimum absolute atomic E-state index is 0.131. The number of nitrogens with one attached hydrogen (secondary N) is 1. The molecule has 0 bridgehead atoms. The van der Waals surface area contributed by atoms with Crippen molar-refractivity contribution in [2.45, 2.75) is 26.8 Å². The van der Waals surface area contributed by atoms with Crippen LogP contribution in [-0.2, 0) is 4.79 Å². The lowest BCUT2D eigenvalue weighted by atomic mass is 10.1. The third-order valence-corrected chi connectivity index (χ3v) is 3.04. The minimum atomic E-state index is 0.131. The first-order valence-corrected chi connectivity index (χ1v) is 6.08. The van der Waals surface area contributed by atoms with E-state index in [1.165, 1.54) is 11.1 Å². The molecule has 0 aliphatic rings. The normalized spacial score (nSPS) is 12.2. The third kappa shape index (κ3) is 4.19. The Morgan fingerprint density at radius 2 is 1.94 bits per heavy atom. The van der Waals surface area contributed by atoms with Crippen LogP contribution >= 0.6 is 0 Å². The zero-order chi connectivity index (χ0) is 12.8. The van der Waals surface area contributed by atoms with E-state index >= 15 is 0 Å². The van der Waals surface area contributed by atoms with Gasteiger partial charge in [0.2, 0.25) is 5.91 Å². The Kier molecular flexibility index (Phi) is 5.16. The molecule has 1 N–H and O–H groups in total. The molecular weight excluding hydrogens is 212 g/mol. The molecule has 1 aromatic carbocycles. The van der Waals surface area contributed by atoms with E-state index in [0.717, 1.165) is 6.54 Å². The summed E-state index contributed by atoms with van der Waals surface area (Å²) in [5, 5.41) is 3.24. The van der Waals surface area contributed by atoms with Gasteiger partial charge in [0.15, 0.2) is 0 Å². The maximum Gasteiger partial charge on any atom is 0.236 e. The highest BCUT2D eigenvalue weighted by Crippen LogP contribution is 2.12. The van der Waals surface area contributed by atoms with E-state index in [4.69, 9.17) is 0 Å². The molecule has 1 aromatic rings. The molecule has 0 aromatic heterocycles. The van der Waals surface area contributed by atoms with Crippen molar-refractivity contribution in [3.8, 4) is 0 Å². The topological polar surface area (TPSA) is 32.3 Å². The van der Waals surface area contributed by atoms with E-state index in [1.54, 1.807) is 4.90 Å². The SMILES string of the molecule is CCN(C)C(=O)CN[C@H](C)c1ccc(C)cc1.